The van der Waals surface area contributed by atoms with E-state index in [9.17, 15) is 13.6 Å². The number of carbonyl (C=O) groups is 1. The van der Waals surface area contributed by atoms with Crippen molar-refractivity contribution in [3.8, 4) is 0 Å². The molecular formula is C29H23F2N3O2S. The van der Waals surface area contributed by atoms with Crippen LogP contribution in [0.3, 0.4) is 0 Å². The van der Waals surface area contributed by atoms with Crippen molar-refractivity contribution in [1.29, 1.82) is 0 Å². The van der Waals surface area contributed by atoms with E-state index >= 15 is 0 Å². The number of carbonyl (C=O) groups excluding carboxylic acids is 1. The molecule has 186 valence electrons. The highest BCUT2D eigenvalue weighted by atomic mass is 32.2. The van der Waals surface area contributed by atoms with E-state index in [-0.39, 0.29) is 35.3 Å². The molecule has 1 fully saturated rings. The molecule has 8 heteroatoms. The maximum atomic E-state index is 13.7. The average Bonchev–Trinajstić information content (AvgIpc) is 3.51. The molecule has 0 bridgehead atoms. The number of thioether (sulfide) groups is 1. The lowest BCUT2D eigenvalue weighted by atomic mass is 9.77. The number of nitrogens with zero attached hydrogens (tertiary/aromatic N) is 3. The second-order valence-electron chi connectivity index (χ2n) is 9.18. The zero-order valence-electron chi connectivity index (χ0n) is 19.8. The maximum absolute atomic E-state index is 13.7. The minimum atomic E-state index is -0.329. The van der Waals surface area contributed by atoms with Crippen molar-refractivity contribution in [3.63, 3.8) is 0 Å². The number of para-hydroxylation sites is 2. The molecular weight excluding hydrogens is 492 g/mol. The largest absolute Gasteiger partial charge is 0.431 e. The van der Waals surface area contributed by atoms with Gasteiger partial charge in [-0.25, -0.2) is 18.8 Å². The van der Waals surface area contributed by atoms with Crippen LogP contribution in [-0.2, 0) is 4.79 Å². The standard InChI is InChI=1S/C29H23F2N3O2S/c30-21-12-8-18(9-13-21)16-20-4-3-5-23-27(20)33-34(28(23)19-10-14-22(31)15-11-19)26(35)17-37-29-32-24-6-1-2-7-25(24)36-29/h1-2,6-16,23,28H,3-5,17H2/b20-16+. The molecule has 0 saturated heterocycles. The Morgan fingerprint density at radius 2 is 1.76 bits per heavy atom. The Morgan fingerprint density at radius 3 is 2.51 bits per heavy atom. The number of fused-ring (bicyclic) bond motifs is 2. The molecule has 2 atom stereocenters. The van der Waals surface area contributed by atoms with E-state index in [0.29, 0.717) is 10.8 Å². The van der Waals surface area contributed by atoms with Crippen LogP contribution in [0.5, 0.6) is 0 Å². The van der Waals surface area contributed by atoms with Gasteiger partial charge >= 0.3 is 0 Å². The lowest BCUT2D eigenvalue weighted by Gasteiger charge is -2.29. The van der Waals surface area contributed by atoms with E-state index in [0.717, 1.165) is 47.2 Å². The number of benzene rings is 3. The lowest BCUT2D eigenvalue weighted by Crippen LogP contribution is -2.32. The van der Waals surface area contributed by atoms with Gasteiger partial charge in [0.1, 0.15) is 17.2 Å². The molecule has 0 radical (unpaired) electrons. The number of oxazole rings is 1. The van der Waals surface area contributed by atoms with Gasteiger partial charge in [0.15, 0.2) is 5.58 Å². The van der Waals surface area contributed by atoms with Crippen LogP contribution in [0.2, 0.25) is 0 Å². The van der Waals surface area contributed by atoms with Crippen molar-refractivity contribution in [2.75, 3.05) is 5.75 Å². The molecule has 1 aliphatic carbocycles. The highest BCUT2D eigenvalue weighted by molar-refractivity contribution is 7.99. The van der Waals surface area contributed by atoms with Crippen LogP contribution in [0.1, 0.15) is 36.4 Å². The first-order chi connectivity index (χ1) is 18.0. The fourth-order valence-corrected chi connectivity index (χ4v) is 5.75. The normalized spacial score (nSPS) is 20.3. The van der Waals surface area contributed by atoms with Crippen molar-refractivity contribution >= 4 is 40.6 Å². The quantitative estimate of drug-likeness (QED) is 0.268. The molecule has 1 saturated carbocycles. The molecule has 0 N–H and O–H groups in total. The number of hydrogen-bond donors (Lipinski definition) is 0. The van der Waals surface area contributed by atoms with Gasteiger partial charge in [-0.1, -0.05) is 48.2 Å². The van der Waals surface area contributed by atoms with Crippen LogP contribution < -0.4 is 0 Å². The van der Waals surface area contributed by atoms with Crippen LogP contribution in [-0.4, -0.2) is 27.4 Å². The summed E-state index contributed by atoms with van der Waals surface area (Å²) < 4.78 is 32.9. The Balaban J connectivity index is 1.31. The van der Waals surface area contributed by atoms with Crippen molar-refractivity contribution < 1.29 is 18.0 Å². The number of amides is 1. The summed E-state index contributed by atoms with van der Waals surface area (Å²) in [5, 5.41) is 6.81. The van der Waals surface area contributed by atoms with Gasteiger partial charge in [-0.3, -0.25) is 4.79 Å². The molecule has 2 aliphatic rings. The van der Waals surface area contributed by atoms with Gasteiger partial charge in [-0.2, -0.15) is 5.10 Å². The summed E-state index contributed by atoms with van der Waals surface area (Å²) in [4.78, 5) is 18.0. The van der Waals surface area contributed by atoms with Crippen LogP contribution >= 0.6 is 11.8 Å². The smallest absolute Gasteiger partial charge is 0.257 e. The molecule has 1 aliphatic heterocycles. The number of hydrogen-bond acceptors (Lipinski definition) is 5. The maximum Gasteiger partial charge on any atom is 0.257 e. The molecule has 6 rings (SSSR count). The average molecular weight is 516 g/mol. The SMILES string of the molecule is O=C(CSc1nc2ccccc2o1)N1N=C2/C(=C/c3ccc(F)cc3)CCCC2C1c1ccc(F)cc1. The summed E-state index contributed by atoms with van der Waals surface area (Å²) in [5.41, 5.74) is 5.04. The Hall–Kier alpha value is -3.78. The first-order valence-electron chi connectivity index (χ1n) is 12.2. The topological polar surface area (TPSA) is 58.7 Å². The Labute approximate surface area is 216 Å². The summed E-state index contributed by atoms with van der Waals surface area (Å²) in [6, 6.07) is 19.8. The number of rotatable bonds is 5. The molecule has 3 aromatic carbocycles. The Morgan fingerprint density at radius 1 is 1.03 bits per heavy atom. The molecule has 2 unspecified atom stereocenters. The monoisotopic (exact) mass is 515 g/mol. The first-order valence-corrected chi connectivity index (χ1v) is 13.1. The highest BCUT2D eigenvalue weighted by Gasteiger charge is 2.43. The third-order valence-electron chi connectivity index (χ3n) is 6.77. The number of aromatic nitrogens is 1. The van der Waals surface area contributed by atoms with Crippen LogP contribution in [0.25, 0.3) is 17.2 Å². The minimum Gasteiger partial charge on any atom is -0.431 e. The van der Waals surface area contributed by atoms with Gasteiger partial charge in [0.05, 0.1) is 17.5 Å². The minimum absolute atomic E-state index is 0.0100. The molecule has 5 nitrogen and oxygen atoms in total. The molecule has 0 spiro atoms. The van der Waals surface area contributed by atoms with Crippen molar-refractivity contribution in [1.82, 2.24) is 9.99 Å². The van der Waals surface area contributed by atoms with Gasteiger partial charge in [-0.15, -0.1) is 0 Å². The number of halogens is 2. The predicted molar refractivity (Wildman–Crippen MR) is 140 cm³/mol. The molecule has 2 heterocycles. The van der Waals surface area contributed by atoms with E-state index in [1.807, 2.05) is 30.3 Å². The summed E-state index contributed by atoms with van der Waals surface area (Å²) in [5.74, 6) is -0.696. The number of hydrazone groups is 1. The van der Waals surface area contributed by atoms with Crippen LogP contribution in [0.4, 0.5) is 8.78 Å². The van der Waals surface area contributed by atoms with E-state index < -0.39 is 0 Å². The van der Waals surface area contributed by atoms with Crippen molar-refractivity contribution in [3.05, 3.63) is 101 Å². The number of allylic oxidation sites excluding steroid dienone is 1. The fraction of sp³-hybridized carbons (Fsp3) is 0.207. The van der Waals surface area contributed by atoms with Crippen LogP contribution in [0.15, 0.2) is 93.1 Å². The van der Waals surface area contributed by atoms with E-state index in [2.05, 4.69) is 4.98 Å². The molecule has 1 amide bonds. The first kappa shape index (κ1) is 23.6. The molecule has 37 heavy (non-hydrogen) atoms. The van der Waals surface area contributed by atoms with Gasteiger partial charge in [0.2, 0.25) is 0 Å². The fourth-order valence-electron chi connectivity index (χ4n) is 5.06. The van der Waals surface area contributed by atoms with Crippen molar-refractivity contribution in [2.24, 2.45) is 11.0 Å². The zero-order chi connectivity index (χ0) is 25.4. The predicted octanol–water partition coefficient (Wildman–Crippen LogP) is 7.02. The van der Waals surface area contributed by atoms with E-state index in [1.54, 1.807) is 29.3 Å². The van der Waals surface area contributed by atoms with Gasteiger partial charge in [-0.05, 0) is 78.4 Å². The summed E-state index contributed by atoms with van der Waals surface area (Å²) in [6.07, 6.45) is 4.65. The third kappa shape index (κ3) is 4.81. The van der Waals surface area contributed by atoms with Gasteiger partial charge in [0, 0.05) is 5.92 Å². The highest BCUT2D eigenvalue weighted by Crippen LogP contribution is 2.44. The van der Waals surface area contributed by atoms with Gasteiger partial charge < -0.3 is 4.42 Å². The van der Waals surface area contributed by atoms with Gasteiger partial charge in [0.25, 0.3) is 11.1 Å². The molecule has 1 aromatic heterocycles. The Bertz CT molecular complexity index is 1480. The second-order valence-corrected chi connectivity index (χ2v) is 10.1. The van der Waals surface area contributed by atoms with E-state index in [4.69, 9.17) is 9.52 Å². The second kappa shape index (κ2) is 9.94. The summed E-state index contributed by atoms with van der Waals surface area (Å²) in [7, 11) is 0. The summed E-state index contributed by atoms with van der Waals surface area (Å²) >= 11 is 1.23. The van der Waals surface area contributed by atoms with Crippen LogP contribution in [0, 0.1) is 17.6 Å². The molecule has 4 aromatic rings. The summed E-state index contributed by atoms with van der Waals surface area (Å²) in [6.45, 7) is 0. The zero-order valence-corrected chi connectivity index (χ0v) is 20.6. The van der Waals surface area contributed by atoms with Crippen molar-refractivity contribution in [2.45, 2.75) is 30.5 Å². The Kier molecular flexibility index (Phi) is 6.34. The van der Waals surface area contributed by atoms with E-state index in [1.165, 1.54) is 36.0 Å². The third-order valence-corrected chi connectivity index (χ3v) is 7.59. The lowest BCUT2D eigenvalue weighted by molar-refractivity contribution is -0.130.